The van der Waals surface area contributed by atoms with E-state index in [1.54, 1.807) is 12.4 Å². The molecule has 2 aromatic carbocycles. The molecule has 0 atom stereocenters. The zero-order chi connectivity index (χ0) is 19.1. The Kier molecular flexibility index (Phi) is 4.01. The van der Waals surface area contributed by atoms with Crippen LogP contribution in [-0.4, -0.2) is 28.0 Å². The van der Waals surface area contributed by atoms with Gasteiger partial charge < -0.3 is 4.90 Å². The van der Waals surface area contributed by atoms with E-state index in [1.165, 1.54) is 12.1 Å². The number of aryl methyl sites for hydroxylation is 1. The lowest BCUT2D eigenvalue weighted by Crippen LogP contribution is -2.45. The smallest absolute Gasteiger partial charge is 0.124 e. The molecule has 0 radical (unpaired) electrons. The lowest BCUT2D eigenvalue weighted by molar-refractivity contribution is 0.513. The van der Waals surface area contributed by atoms with Gasteiger partial charge in [-0.15, -0.1) is 0 Å². The first-order valence-corrected chi connectivity index (χ1v) is 9.35. The number of fused-ring (bicyclic) bond motifs is 1. The van der Waals surface area contributed by atoms with Crippen LogP contribution in [0.3, 0.4) is 0 Å². The van der Waals surface area contributed by atoms with E-state index >= 15 is 0 Å². The maximum Gasteiger partial charge on any atom is 0.124 e. The summed E-state index contributed by atoms with van der Waals surface area (Å²) in [5, 5.41) is 1.14. The van der Waals surface area contributed by atoms with E-state index in [-0.39, 0.29) is 11.7 Å². The maximum absolute atomic E-state index is 13.9. The van der Waals surface area contributed by atoms with Gasteiger partial charge in [0.05, 0.1) is 28.8 Å². The van der Waals surface area contributed by atoms with Crippen LogP contribution < -0.4 is 4.90 Å². The molecule has 4 nitrogen and oxygen atoms in total. The van der Waals surface area contributed by atoms with Crippen LogP contribution in [0.1, 0.15) is 17.2 Å². The van der Waals surface area contributed by atoms with Crippen LogP contribution in [0.2, 0.25) is 0 Å². The highest BCUT2D eigenvalue weighted by Crippen LogP contribution is 2.35. The molecule has 2 aromatic heterocycles. The van der Waals surface area contributed by atoms with Gasteiger partial charge in [-0.1, -0.05) is 18.2 Å². The first-order valence-electron chi connectivity index (χ1n) is 9.35. The summed E-state index contributed by atoms with van der Waals surface area (Å²) in [6.07, 6.45) is 5.31. The number of aromatic nitrogens is 3. The van der Waals surface area contributed by atoms with E-state index in [4.69, 9.17) is 0 Å². The molecule has 0 amide bonds. The summed E-state index contributed by atoms with van der Waals surface area (Å²) in [4.78, 5) is 15.9. The van der Waals surface area contributed by atoms with Crippen molar-refractivity contribution in [3.8, 4) is 11.3 Å². The van der Waals surface area contributed by atoms with E-state index in [0.717, 1.165) is 52.2 Å². The fourth-order valence-corrected chi connectivity index (χ4v) is 3.84. The molecule has 1 aliphatic rings. The first-order chi connectivity index (χ1) is 13.7. The van der Waals surface area contributed by atoms with Crippen molar-refractivity contribution in [2.45, 2.75) is 12.8 Å². The third-order valence-electron chi connectivity index (χ3n) is 5.25. The van der Waals surface area contributed by atoms with Crippen LogP contribution in [0.4, 0.5) is 10.1 Å². The highest BCUT2D eigenvalue weighted by Gasteiger charge is 2.32. The molecule has 5 rings (SSSR count). The number of para-hydroxylation sites is 1. The summed E-state index contributed by atoms with van der Waals surface area (Å²) in [6.45, 7) is 3.58. The predicted molar refractivity (Wildman–Crippen MR) is 109 cm³/mol. The average molecular weight is 370 g/mol. The SMILES string of the molecule is Cc1cc(F)cc(-c2nccnc2C2CN(c3cnc4ccccc4c3)C2)c1. The monoisotopic (exact) mass is 370 g/mol. The summed E-state index contributed by atoms with van der Waals surface area (Å²) in [5.41, 5.74) is 5.47. The summed E-state index contributed by atoms with van der Waals surface area (Å²) < 4.78 is 13.9. The van der Waals surface area contributed by atoms with Crippen LogP contribution in [0.5, 0.6) is 0 Å². The second-order valence-corrected chi connectivity index (χ2v) is 7.30. The minimum Gasteiger partial charge on any atom is -0.369 e. The van der Waals surface area contributed by atoms with Crippen molar-refractivity contribution in [3.63, 3.8) is 0 Å². The van der Waals surface area contributed by atoms with Crippen molar-refractivity contribution >= 4 is 16.6 Å². The molecule has 0 N–H and O–H groups in total. The summed E-state index contributed by atoms with van der Waals surface area (Å²) in [7, 11) is 0. The van der Waals surface area contributed by atoms with Crippen LogP contribution in [0.15, 0.2) is 67.1 Å². The van der Waals surface area contributed by atoms with Gasteiger partial charge in [-0.2, -0.15) is 0 Å². The Labute approximate surface area is 162 Å². The molecule has 1 fully saturated rings. The quantitative estimate of drug-likeness (QED) is 0.522. The summed E-state index contributed by atoms with van der Waals surface area (Å²) in [5.74, 6) is 0.0165. The van der Waals surface area contributed by atoms with E-state index in [0.29, 0.717) is 0 Å². The highest BCUT2D eigenvalue weighted by molar-refractivity contribution is 5.82. The molecule has 0 spiro atoms. The predicted octanol–water partition coefficient (Wildman–Crippen LogP) is 4.74. The second-order valence-electron chi connectivity index (χ2n) is 7.30. The third kappa shape index (κ3) is 2.99. The van der Waals surface area contributed by atoms with Crippen LogP contribution >= 0.6 is 0 Å². The molecule has 3 heterocycles. The van der Waals surface area contributed by atoms with Gasteiger partial charge >= 0.3 is 0 Å². The Balaban J connectivity index is 1.41. The fraction of sp³-hybridized carbons (Fsp3) is 0.174. The molecular formula is C23H19FN4. The molecule has 0 saturated carbocycles. The Morgan fingerprint density at radius 3 is 2.64 bits per heavy atom. The second kappa shape index (κ2) is 6.68. The lowest BCUT2D eigenvalue weighted by atomic mass is 9.91. The Hall–Kier alpha value is -3.34. The summed E-state index contributed by atoms with van der Waals surface area (Å²) in [6, 6.07) is 15.3. The molecule has 138 valence electrons. The lowest BCUT2D eigenvalue weighted by Gasteiger charge is -2.41. The van der Waals surface area contributed by atoms with Crippen molar-refractivity contribution in [2.75, 3.05) is 18.0 Å². The van der Waals surface area contributed by atoms with Crippen LogP contribution in [-0.2, 0) is 0 Å². The number of nitrogens with zero attached hydrogens (tertiary/aromatic N) is 4. The van der Waals surface area contributed by atoms with Gasteiger partial charge in [0.2, 0.25) is 0 Å². The first kappa shape index (κ1) is 16.8. The molecule has 1 aliphatic heterocycles. The number of hydrogen-bond acceptors (Lipinski definition) is 4. The van der Waals surface area contributed by atoms with Crippen LogP contribution in [0, 0.1) is 12.7 Å². The number of benzene rings is 2. The van der Waals surface area contributed by atoms with Gasteiger partial charge in [-0.05, 0) is 42.8 Å². The van der Waals surface area contributed by atoms with E-state index in [9.17, 15) is 4.39 Å². The third-order valence-corrected chi connectivity index (χ3v) is 5.25. The minimum atomic E-state index is -0.246. The van der Waals surface area contributed by atoms with Crippen molar-refractivity contribution in [1.82, 2.24) is 15.0 Å². The Morgan fingerprint density at radius 1 is 0.964 bits per heavy atom. The standard InChI is InChI=1S/C23H19FN4/c1-15-8-17(10-19(24)9-15)22-23(26-7-6-25-22)18-13-28(14-18)20-11-16-4-2-3-5-21(16)27-12-20/h2-12,18H,13-14H2,1H3. The summed E-state index contributed by atoms with van der Waals surface area (Å²) >= 11 is 0. The normalized spacial score (nSPS) is 14.3. The largest absolute Gasteiger partial charge is 0.369 e. The molecule has 1 saturated heterocycles. The molecule has 0 aliphatic carbocycles. The number of halogens is 1. The Bertz CT molecular complexity index is 1150. The van der Waals surface area contributed by atoms with Crippen molar-refractivity contribution in [2.24, 2.45) is 0 Å². The van der Waals surface area contributed by atoms with Gasteiger partial charge in [-0.3, -0.25) is 15.0 Å². The topological polar surface area (TPSA) is 41.9 Å². The van der Waals surface area contributed by atoms with E-state index in [2.05, 4.69) is 32.0 Å². The number of anilines is 1. The van der Waals surface area contributed by atoms with Crippen molar-refractivity contribution in [3.05, 3.63) is 84.2 Å². The van der Waals surface area contributed by atoms with Gasteiger partial charge in [0.1, 0.15) is 5.82 Å². The molecule has 5 heteroatoms. The van der Waals surface area contributed by atoms with Gasteiger partial charge in [0, 0.05) is 42.4 Å². The number of rotatable bonds is 3. The molecular weight excluding hydrogens is 351 g/mol. The zero-order valence-electron chi connectivity index (χ0n) is 15.5. The van der Waals surface area contributed by atoms with E-state index < -0.39 is 0 Å². The molecule has 4 aromatic rings. The molecule has 28 heavy (non-hydrogen) atoms. The van der Waals surface area contributed by atoms with Crippen molar-refractivity contribution in [1.29, 1.82) is 0 Å². The molecule has 0 bridgehead atoms. The Morgan fingerprint density at radius 2 is 1.79 bits per heavy atom. The molecule has 0 unspecified atom stereocenters. The van der Waals surface area contributed by atoms with Crippen LogP contribution in [0.25, 0.3) is 22.2 Å². The average Bonchev–Trinajstić information content (AvgIpc) is 2.66. The zero-order valence-corrected chi connectivity index (χ0v) is 15.5. The highest BCUT2D eigenvalue weighted by atomic mass is 19.1. The fourth-order valence-electron chi connectivity index (χ4n) is 3.84. The van der Waals surface area contributed by atoms with Gasteiger partial charge in [-0.25, -0.2) is 4.39 Å². The van der Waals surface area contributed by atoms with Gasteiger partial charge in [0.25, 0.3) is 0 Å². The maximum atomic E-state index is 13.9. The van der Waals surface area contributed by atoms with Gasteiger partial charge in [0.15, 0.2) is 0 Å². The van der Waals surface area contributed by atoms with E-state index in [1.807, 2.05) is 37.4 Å². The number of pyridine rings is 1. The number of hydrogen-bond donors (Lipinski definition) is 0. The van der Waals surface area contributed by atoms with Crippen molar-refractivity contribution < 1.29 is 4.39 Å². The minimum absolute atomic E-state index is 0.246.